The summed E-state index contributed by atoms with van der Waals surface area (Å²) in [6, 6.07) is 12.1. The lowest BCUT2D eigenvalue weighted by Gasteiger charge is -2.01. The predicted molar refractivity (Wildman–Crippen MR) is 75.2 cm³/mol. The zero-order valence-electron chi connectivity index (χ0n) is 11.4. The fourth-order valence-electron chi connectivity index (χ4n) is 2.11. The van der Waals surface area contributed by atoms with Crippen molar-refractivity contribution in [2.75, 3.05) is 7.11 Å². The van der Waals surface area contributed by atoms with Gasteiger partial charge in [0.25, 0.3) is 0 Å². The van der Waals surface area contributed by atoms with Crippen LogP contribution in [0.5, 0.6) is 5.75 Å². The summed E-state index contributed by atoms with van der Waals surface area (Å²) >= 11 is 0. The number of para-hydroxylation sites is 1. The second-order valence-corrected chi connectivity index (χ2v) is 4.51. The van der Waals surface area contributed by atoms with Crippen molar-refractivity contribution >= 4 is 11.6 Å². The number of rotatable bonds is 3. The van der Waals surface area contributed by atoms with Gasteiger partial charge in [0.05, 0.1) is 7.11 Å². The topological polar surface area (TPSA) is 76.7 Å². The number of esters is 1. The van der Waals surface area contributed by atoms with E-state index in [2.05, 4.69) is 10.1 Å². The molecule has 0 amide bonds. The van der Waals surface area contributed by atoms with Gasteiger partial charge in [0.2, 0.25) is 0 Å². The molecule has 21 heavy (non-hydrogen) atoms. The highest BCUT2D eigenvalue weighted by Gasteiger charge is 2.14. The molecule has 0 aliphatic heterocycles. The summed E-state index contributed by atoms with van der Waals surface area (Å²) in [5, 5.41) is 14.1. The molecule has 0 aliphatic carbocycles. The minimum absolute atomic E-state index is 0.199. The van der Waals surface area contributed by atoms with Gasteiger partial charge in [0.15, 0.2) is 17.2 Å². The van der Waals surface area contributed by atoms with Crippen molar-refractivity contribution in [3.63, 3.8) is 0 Å². The number of pyridine rings is 1. The number of phenols is 1. The van der Waals surface area contributed by atoms with Crippen LogP contribution in [0.3, 0.4) is 0 Å². The molecule has 6 heteroatoms. The van der Waals surface area contributed by atoms with E-state index in [1.54, 1.807) is 30.3 Å². The number of hydrogen-bond donors (Lipinski definition) is 1. The summed E-state index contributed by atoms with van der Waals surface area (Å²) in [6.07, 6.45) is 0.384. The normalized spacial score (nSPS) is 10.7. The van der Waals surface area contributed by atoms with Crippen molar-refractivity contribution < 1.29 is 14.6 Å². The second kappa shape index (κ2) is 5.24. The van der Waals surface area contributed by atoms with Gasteiger partial charge in [-0.2, -0.15) is 5.10 Å². The predicted octanol–water partition coefficient (Wildman–Crippen LogP) is 1.81. The molecule has 0 bridgehead atoms. The molecule has 3 aromatic rings. The fraction of sp³-hybridized carbons (Fsp3) is 0.133. The minimum Gasteiger partial charge on any atom is -0.508 e. The number of ether oxygens (including phenoxy) is 1. The van der Waals surface area contributed by atoms with E-state index in [4.69, 9.17) is 4.74 Å². The Labute approximate surface area is 120 Å². The number of carbonyl (C=O) groups excluding carboxylic acids is 1. The van der Waals surface area contributed by atoms with E-state index in [1.807, 2.05) is 12.1 Å². The van der Waals surface area contributed by atoms with Crippen molar-refractivity contribution in [1.82, 2.24) is 14.6 Å². The average molecular weight is 283 g/mol. The maximum absolute atomic E-state index is 11.7. The highest BCUT2D eigenvalue weighted by atomic mass is 16.5. The number of nitrogens with zero attached hydrogens (tertiary/aromatic N) is 3. The van der Waals surface area contributed by atoms with Crippen LogP contribution >= 0.6 is 0 Å². The molecule has 6 nitrogen and oxygen atoms in total. The summed E-state index contributed by atoms with van der Waals surface area (Å²) in [6.45, 7) is 0. The molecule has 0 radical (unpaired) electrons. The SMILES string of the molecule is COC(=O)c1cccc2nc(Cc3ccccc3O)nn12. The summed E-state index contributed by atoms with van der Waals surface area (Å²) in [4.78, 5) is 16.1. The highest BCUT2D eigenvalue weighted by molar-refractivity contribution is 5.88. The summed E-state index contributed by atoms with van der Waals surface area (Å²) < 4.78 is 6.17. The number of fused-ring (bicyclic) bond motifs is 1. The van der Waals surface area contributed by atoms with Crippen molar-refractivity contribution in [3.05, 3.63) is 59.5 Å². The Morgan fingerprint density at radius 2 is 2.05 bits per heavy atom. The lowest BCUT2D eigenvalue weighted by Crippen LogP contribution is -2.08. The van der Waals surface area contributed by atoms with Crippen LogP contribution in [0.2, 0.25) is 0 Å². The Morgan fingerprint density at radius 3 is 2.81 bits per heavy atom. The molecule has 2 heterocycles. The molecule has 0 atom stereocenters. The summed E-state index contributed by atoms with van der Waals surface area (Å²) in [7, 11) is 1.32. The lowest BCUT2D eigenvalue weighted by molar-refractivity contribution is 0.0591. The third-order valence-corrected chi connectivity index (χ3v) is 3.14. The van der Waals surface area contributed by atoms with E-state index >= 15 is 0 Å². The summed E-state index contributed by atoms with van der Waals surface area (Å²) in [5.41, 5.74) is 1.60. The van der Waals surface area contributed by atoms with E-state index in [1.165, 1.54) is 11.6 Å². The zero-order valence-corrected chi connectivity index (χ0v) is 11.4. The Hall–Kier alpha value is -2.89. The molecule has 0 saturated heterocycles. The minimum atomic E-state index is -0.473. The molecule has 2 aromatic heterocycles. The van der Waals surface area contributed by atoms with Gasteiger partial charge in [-0.25, -0.2) is 14.3 Å². The van der Waals surface area contributed by atoms with Crippen LogP contribution in [0.15, 0.2) is 42.5 Å². The van der Waals surface area contributed by atoms with Gasteiger partial charge >= 0.3 is 5.97 Å². The Bertz CT molecular complexity index is 811. The van der Waals surface area contributed by atoms with Gasteiger partial charge in [-0.15, -0.1) is 0 Å². The van der Waals surface area contributed by atoms with E-state index in [-0.39, 0.29) is 5.75 Å². The largest absolute Gasteiger partial charge is 0.508 e. The lowest BCUT2D eigenvalue weighted by atomic mass is 10.1. The molecule has 1 N–H and O–H groups in total. The van der Waals surface area contributed by atoms with Gasteiger partial charge in [0.1, 0.15) is 5.75 Å². The van der Waals surface area contributed by atoms with Crippen LogP contribution in [-0.4, -0.2) is 32.8 Å². The third-order valence-electron chi connectivity index (χ3n) is 3.14. The number of methoxy groups -OCH3 is 1. The van der Waals surface area contributed by atoms with Crippen LogP contribution < -0.4 is 0 Å². The molecule has 0 saturated carbocycles. The van der Waals surface area contributed by atoms with Crippen molar-refractivity contribution in [2.45, 2.75) is 6.42 Å². The smallest absolute Gasteiger partial charge is 0.356 e. The molecular weight excluding hydrogens is 270 g/mol. The van der Waals surface area contributed by atoms with Gasteiger partial charge in [0, 0.05) is 12.0 Å². The number of aromatic hydroxyl groups is 1. The number of carbonyl (C=O) groups is 1. The van der Waals surface area contributed by atoms with Crippen LogP contribution in [0, 0.1) is 0 Å². The Morgan fingerprint density at radius 1 is 1.24 bits per heavy atom. The van der Waals surface area contributed by atoms with Gasteiger partial charge < -0.3 is 9.84 Å². The Balaban J connectivity index is 2.02. The molecule has 0 aliphatic rings. The first-order chi connectivity index (χ1) is 10.2. The quantitative estimate of drug-likeness (QED) is 0.742. The molecule has 1 aromatic carbocycles. The molecule has 0 spiro atoms. The molecule has 3 rings (SSSR count). The van der Waals surface area contributed by atoms with Crippen molar-refractivity contribution in [2.24, 2.45) is 0 Å². The first-order valence-corrected chi connectivity index (χ1v) is 6.39. The van der Waals surface area contributed by atoms with Gasteiger partial charge in [-0.05, 0) is 18.2 Å². The van der Waals surface area contributed by atoms with Crippen molar-refractivity contribution in [3.8, 4) is 5.75 Å². The second-order valence-electron chi connectivity index (χ2n) is 4.51. The molecular formula is C15H13N3O3. The first-order valence-electron chi connectivity index (χ1n) is 6.39. The van der Waals surface area contributed by atoms with E-state index < -0.39 is 5.97 Å². The Kier molecular flexibility index (Phi) is 3.27. The van der Waals surface area contributed by atoms with E-state index in [9.17, 15) is 9.90 Å². The third kappa shape index (κ3) is 2.43. The van der Waals surface area contributed by atoms with E-state index in [0.29, 0.717) is 23.6 Å². The standard InChI is InChI=1S/C15H13N3O3/c1-21-15(20)11-6-4-8-14-16-13(17-18(11)14)9-10-5-2-3-7-12(10)19/h2-8,19H,9H2,1H3. The number of aromatic nitrogens is 3. The maximum atomic E-state index is 11.7. The van der Waals surface area contributed by atoms with E-state index in [0.717, 1.165) is 5.56 Å². The molecule has 0 fully saturated rings. The zero-order chi connectivity index (χ0) is 14.8. The first kappa shape index (κ1) is 13.1. The summed E-state index contributed by atoms with van der Waals surface area (Å²) in [5.74, 6) is 0.247. The monoisotopic (exact) mass is 283 g/mol. The highest BCUT2D eigenvalue weighted by Crippen LogP contribution is 2.19. The molecule has 106 valence electrons. The number of benzene rings is 1. The van der Waals surface area contributed by atoms with Crippen LogP contribution in [-0.2, 0) is 11.2 Å². The van der Waals surface area contributed by atoms with Gasteiger partial charge in [-0.3, -0.25) is 0 Å². The van der Waals surface area contributed by atoms with Crippen LogP contribution in [0.4, 0.5) is 0 Å². The number of phenolic OH excluding ortho intramolecular Hbond substituents is 1. The van der Waals surface area contributed by atoms with Crippen LogP contribution in [0.25, 0.3) is 5.65 Å². The fourth-order valence-corrected chi connectivity index (χ4v) is 2.11. The number of hydrogen-bond acceptors (Lipinski definition) is 5. The van der Waals surface area contributed by atoms with Crippen molar-refractivity contribution in [1.29, 1.82) is 0 Å². The van der Waals surface area contributed by atoms with Crippen LogP contribution in [0.1, 0.15) is 21.9 Å². The molecule has 0 unspecified atom stereocenters. The maximum Gasteiger partial charge on any atom is 0.356 e. The average Bonchev–Trinajstić information content (AvgIpc) is 2.91. The van der Waals surface area contributed by atoms with Gasteiger partial charge in [-0.1, -0.05) is 24.3 Å².